The second-order valence-corrected chi connectivity index (χ2v) is 11.4. The van der Waals surface area contributed by atoms with Crippen molar-refractivity contribution in [2.45, 2.75) is 62.4 Å². The number of hydrogen-bond acceptors (Lipinski definition) is 4. The minimum Gasteiger partial charge on any atom is -0.359 e. The van der Waals surface area contributed by atoms with Gasteiger partial charge in [-0.15, -0.1) is 0 Å². The van der Waals surface area contributed by atoms with Gasteiger partial charge in [0, 0.05) is 28.3 Å². The zero-order chi connectivity index (χ0) is 26.4. The molecule has 0 radical (unpaired) electrons. The smallest absolute Gasteiger partial charge is 0.246 e. The van der Waals surface area contributed by atoms with Gasteiger partial charge in [-0.25, -0.2) is 0 Å². The topological polar surface area (TPSA) is 87.7 Å². The van der Waals surface area contributed by atoms with Gasteiger partial charge in [0.2, 0.25) is 17.7 Å². The summed E-state index contributed by atoms with van der Waals surface area (Å²) in [6.07, 6.45) is 8.17. The van der Waals surface area contributed by atoms with Crippen LogP contribution in [0.25, 0.3) is 0 Å². The summed E-state index contributed by atoms with van der Waals surface area (Å²) in [4.78, 5) is 43.1. The van der Waals surface area contributed by atoms with Crippen LogP contribution in [0, 0.1) is 11.8 Å². The lowest BCUT2D eigenvalue weighted by Gasteiger charge is -2.34. The summed E-state index contributed by atoms with van der Waals surface area (Å²) in [6.45, 7) is 0.146. The van der Waals surface area contributed by atoms with E-state index in [1.54, 1.807) is 35.2 Å². The zero-order valence-electron chi connectivity index (χ0n) is 20.7. The molecule has 9 heteroatoms. The first-order chi connectivity index (χ1) is 18.4. The van der Waals surface area contributed by atoms with E-state index in [-0.39, 0.29) is 30.3 Å². The van der Waals surface area contributed by atoms with Crippen LogP contribution in [-0.4, -0.2) is 46.4 Å². The number of nitrogens with one attached hydrogen (secondary N) is 2. The van der Waals surface area contributed by atoms with E-state index in [1.807, 2.05) is 30.4 Å². The van der Waals surface area contributed by atoms with Gasteiger partial charge in [0.25, 0.3) is 0 Å². The molecule has 1 saturated carbocycles. The molecule has 2 bridgehead atoms. The lowest BCUT2D eigenvalue weighted by Crippen LogP contribution is -2.56. The molecule has 1 aliphatic carbocycles. The predicted molar refractivity (Wildman–Crippen MR) is 145 cm³/mol. The standard InChI is InChI=1S/C29H29Cl2N3O4/c30-18-10-12-20(13-11-18)32-26(35)23-22-14-15-29(38-22)24(23)28(37)34(16-17-6-4-5-9-21(17)31)25(29)27(36)33-19-7-2-1-3-8-19/h4-6,9-15,19,22-25H,1-3,7-8,16H2,(H,32,35)(H,33,36)/t22-,23+,24-,25+,29-/m1/s1. The number of hydrogen-bond donors (Lipinski definition) is 2. The fourth-order valence-electron chi connectivity index (χ4n) is 6.53. The Kier molecular flexibility index (Phi) is 6.70. The summed E-state index contributed by atoms with van der Waals surface area (Å²) < 4.78 is 6.42. The van der Waals surface area contributed by atoms with Crippen molar-refractivity contribution in [3.63, 3.8) is 0 Å². The van der Waals surface area contributed by atoms with Crippen molar-refractivity contribution < 1.29 is 19.1 Å². The molecule has 1 spiro atoms. The van der Waals surface area contributed by atoms with E-state index in [9.17, 15) is 14.4 Å². The number of amides is 3. The Balaban J connectivity index is 1.33. The number of carbonyl (C=O) groups excluding carboxylic acids is 3. The molecule has 2 saturated heterocycles. The maximum atomic E-state index is 14.1. The quantitative estimate of drug-likeness (QED) is 0.506. The third kappa shape index (κ3) is 4.31. The van der Waals surface area contributed by atoms with Gasteiger partial charge in [-0.3, -0.25) is 14.4 Å². The molecule has 3 aliphatic heterocycles. The zero-order valence-corrected chi connectivity index (χ0v) is 22.3. The largest absolute Gasteiger partial charge is 0.359 e. The maximum Gasteiger partial charge on any atom is 0.246 e. The minimum absolute atomic E-state index is 0.0653. The summed E-state index contributed by atoms with van der Waals surface area (Å²) in [5.74, 6) is -2.45. The fourth-order valence-corrected chi connectivity index (χ4v) is 6.86. The molecule has 7 nitrogen and oxygen atoms in total. The molecule has 4 aliphatic rings. The fraction of sp³-hybridized carbons (Fsp3) is 0.414. The number of fused-ring (bicyclic) bond motifs is 1. The summed E-state index contributed by atoms with van der Waals surface area (Å²) >= 11 is 12.4. The molecule has 38 heavy (non-hydrogen) atoms. The molecule has 5 atom stereocenters. The Morgan fingerprint density at radius 2 is 1.74 bits per heavy atom. The second-order valence-electron chi connectivity index (χ2n) is 10.6. The van der Waals surface area contributed by atoms with Gasteiger partial charge < -0.3 is 20.3 Å². The van der Waals surface area contributed by atoms with Gasteiger partial charge in [-0.05, 0) is 48.7 Å². The lowest BCUT2D eigenvalue weighted by atomic mass is 9.74. The van der Waals surface area contributed by atoms with Crippen LogP contribution in [0.4, 0.5) is 5.69 Å². The van der Waals surface area contributed by atoms with Crippen molar-refractivity contribution >= 4 is 46.6 Å². The van der Waals surface area contributed by atoms with Crippen LogP contribution >= 0.6 is 23.2 Å². The number of nitrogens with zero attached hydrogens (tertiary/aromatic N) is 1. The van der Waals surface area contributed by atoms with Crippen LogP contribution in [0.1, 0.15) is 37.7 Å². The van der Waals surface area contributed by atoms with Gasteiger partial charge in [0.15, 0.2) is 0 Å². The van der Waals surface area contributed by atoms with Crippen molar-refractivity contribution in [2.24, 2.45) is 11.8 Å². The van der Waals surface area contributed by atoms with E-state index in [2.05, 4.69) is 10.6 Å². The van der Waals surface area contributed by atoms with Gasteiger partial charge in [-0.1, -0.05) is 72.8 Å². The van der Waals surface area contributed by atoms with E-state index in [0.717, 1.165) is 37.7 Å². The molecule has 0 unspecified atom stereocenters. The van der Waals surface area contributed by atoms with Crippen LogP contribution in [0.2, 0.25) is 10.0 Å². The summed E-state index contributed by atoms with van der Waals surface area (Å²) in [7, 11) is 0. The normalized spacial score (nSPS) is 29.9. The molecular weight excluding hydrogens is 525 g/mol. The van der Waals surface area contributed by atoms with E-state index < -0.39 is 29.6 Å². The average molecular weight is 554 g/mol. The Morgan fingerprint density at radius 3 is 2.47 bits per heavy atom. The van der Waals surface area contributed by atoms with E-state index in [4.69, 9.17) is 27.9 Å². The van der Waals surface area contributed by atoms with E-state index in [0.29, 0.717) is 15.7 Å². The number of rotatable bonds is 6. The molecule has 198 valence electrons. The van der Waals surface area contributed by atoms with Gasteiger partial charge in [-0.2, -0.15) is 0 Å². The van der Waals surface area contributed by atoms with E-state index >= 15 is 0 Å². The van der Waals surface area contributed by atoms with Crippen LogP contribution in [0.5, 0.6) is 0 Å². The summed E-state index contributed by atoms with van der Waals surface area (Å²) in [6, 6.07) is 13.2. The molecule has 2 N–H and O–H groups in total. The Morgan fingerprint density at radius 1 is 1.00 bits per heavy atom. The number of ether oxygens (including phenoxy) is 1. The molecule has 0 aromatic heterocycles. The summed E-state index contributed by atoms with van der Waals surface area (Å²) in [5.41, 5.74) is 0.0873. The molecule has 6 rings (SSSR count). The minimum atomic E-state index is -1.22. The Labute approximate surface area is 231 Å². The highest BCUT2D eigenvalue weighted by Gasteiger charge is 2.72. The number of benzene rings is 2. The third-order valence-corrected chi connectivity index (χ3v) is 8.91. The van der Waals surface area contributed by atoms with E-state index in [1.165, 1.54) is 0 Å². The maximum absolute atomic E-state index is 14.1. The van der Waals surface area contributed by atoms with Crippen molar-refractivity contribution in [3.05, 3.63) is 76.3 Å². The van der Waals surface area contributed by atoms with Gasteiger partial charge in [0.1, 0.15) is 11.6 Å². The molecule has 2 aromatic rings. The number of carbonyl (C=O) groups is 3. The highest BCUT2D eigenvalue weighted by atomic mass is 35.5. The predicted octanol–water partition coefficient (Wildman–Crippen LogP) is 4.73. The third-order valence-electron chi connectivity index (χ3n) is 8.29. The molecule has 2 aromatic carbocycles. The monoisotopic (exact) mass is 553 g/mol. The van der Waals surface area contributed by atoms with Crippen LogP contribution in [0.15, 0.2) is 60.7 Å². The lowest BCUT2D eigenvalue weighted by molar-refractivity contribution is -0.142. The Hall–Kier alpha value is -2.87. The van der Waals surface area contributed by atoms with Crippen molar-refractivity contribution in [3.8, 4) is 0 Å². The average Bonchev–Trinajstić information content (AvgIpc) is 3.55. The molecule has 3 amide bonds. The number of halogens is 2. The number of anilines is 1. The van der Waals surface area contributed by atoms with Gasteiger partial charge >= 0.3 is 0 Å². The van der Waals surface area contributed by atoms with Crippen LogP contribution in [0.3, 0.4) is 0 Å². The van der Waals surface area contributed by atoms with Crippen molar-refractivity contribution in [1.82, 2.24) is 10.2 Å². The first kappa shape index (κ1) is 25.4. The van der Waals surface area contributed by atoms with Crippen molar-refractivity contribution in [2.75, 3.05) is 5.32 Å². The summed E-state index contributed by atoms with van der Waals surface area (Å²) in [5, 5.41) is 7.17. The second kappa shape index (κ2) is 10.0. The van der Waals surface area contributed by atoms with Gasteiger partial charge in [0.05, 0.1) is 17.9 Å². The molecule has 3 fully saturated rings. The molecular formula is C29H29Cl2N3O4. The molecule has 3 heterocycles. The number of likely N-dealkylation sites (tertiary alicyclic amines) is 1. The van der Waals surface area contributed by atoms with Crippen LogP contribution < -0.4 is 10.6 Å². The SMILES string of the molecule is O=C(Nc1ccc(Cl)cc1)[C@H]1[C@H]2C=C[C@]3(O2)[C@H](C(=O)NC2CCCCC2)N(Cc2ccccc2Cl)C(=O)[C@@H]13. The first-order valence-corrected chi connectivity index (χ1v) is 13.9. The first-order valence-electron chi connectivity index (χ1n) is 13.2. The highest BCUT2D eigenvalue weighted by Crippen LogP contribution is 2.55. The Bertz CT molecular complexity index is 1290. The highest BCUT2D eigenvalue weighted by molar-refractivity contribution is 6.31. The van der Waals surface area contributed by atoms with Crippen molar-refractivity contribution in [1.29, 1.82) is 0 Å². The van der Waals surface area contributed by atoms with Crippen LogP contribution in [-0.2, 0) is 25.7 Å².